The molecule has 0 radical (unpaired) electrons. The third-order valence-electron chi connectivity index (χ3n) is 5.09. The number of ether oxygens (including phenoxy) is 1. The van der Waals surface area contributed by atoms with Gasteiger partial charge in [0.25, 0.3) is 0 Å². The smallest absolute Gasteiger partial charge is 0.411 e. The first-order valence-electron chi connectivity index (χ1n) is 10.3. The zero-order chi connectivity index (χ0) is 24.4. The summed E-state index contributed by atoms with van der Waals surface area (Å²) in [5.41, 5.74) is -3.59. The van der Waals surface area contributed by atoms with Crippen LogP contribution in [0.2, 0.25) is 0 Å². The maximum absolute atomic E-state index is 14.1. The van der Waals surface area contributed by atoms with Gasteiger partial charge in [-0.25, -0.2) is 14.4 Å². The molecule has 1 aliphatic rings. The number of hydrogen-bond acceptors (Lipinski definition) is 7. The van der Waals surface area contributed by atoms with E-state index in [9.17, 15) is 29.2 Å². The molecule has 1 unspecified atom stereocenters. The van der Waals surface area contributed by atoms with Gasteiger partial charge in [-0.1, -0.05) is 36.4 Å². The van der Waals surface area contributed by atoms with Crippen molar-refractivity contribution in [3.63, 3.8) is 0 Å². The number of benzene rings is 2. The normalized spacial score (nSPS) is 20.8. The number of rotatable bonds is 5. The number of carbonyl (C=O) groups is 3. The lowest BCUT2D eigenvalue weighted by Gasteiger charge is -2.34. The maximum Gasteiger partial charge on any atom is 0.411 e. The number of aliphatic hydroxyl groups excluding tert-OH is 1. The molecule has 0 aromatic heterocycles. The Bertz CT molecular complexity index is 1040. The van der Waals surface area contributed by atoms with Gasteiger partial charge >= 0.3 is 25.4 Å². The number of carboxylic acids is 1. The number of likely N-dealkylation sites (tertiary alicyclic amines) is 1. The predicted octanol–water partition coefficient (Wildman–Crippen LogP) is 2.28. The molecule has 1 aliphatic heterocycles. The zero-order valence-electron chi connectivity index (χ0n) is 18.5. The summed E-state index contributed by atoms with van der Waals surface area (Å²) in [5, 5.41) is 20.6. The third-order valence-corrected chi connectivity index (χ3v) is 7.47. The van der Waals surface area contributed by atoms with Crippen molar-refractivity contribution in [2.45, 2.75) is 44.4 Å². The first-order valence-corrected chi connectivity index (χ1v) is 11.9. The van der Waals surface area contributed by atoms with Crippen LogP contribution in [-0.4, -0.2) is 56.9 Å². The van der Waals surface area contributed by atoms with Crippen LogP contribution >= 0.6 is 7.37 Å². The Morgan fingerprint density at radius 3 is 1.91 bits per heavy atom. The summed E-state index contributed by atoms with van der Waals surface area (Å²) in [7, 11) is -4.11. The monoisotopic (exact) mass is 475 g/mol. The van der Waals surface area contributed by atoms with Gasteiger partial charge < -0.3 is 19.5 Å². The molecule has 0 saturated carbocycles. The Morgan fingerprint density at radius 1 is 1.00 bits per heavy atom. The number of aliphatic carboxylic acids is 1. The van der Waals surface area contributed by atoms with Crippen molar-refractivity contribution < 1.29 is 38.4 Å². The summed E-state index contributed by atoms with van der Waals surface area (Å²) in [6.07, 6.45) is -3.06. The van der Waals surface area contributed by atoms with Crippen LogP contribution in [0.5, 0.6) is 0 Å². The van der Waals surface area contributed by atoms with E-state index in [4.69, 9.17) is 9.26 Å². The van der Waals surface area contributed by atoms with Gasteiger partial charge in [0.2, 0.25) is 5.54 Å². The van der Waals surface area contributed by atoms with Gasteiger partial charge in [-0.15, -0.1) is 0 Å². The first kappa shape index (κ1) is 24.5. The van der Waals surface area contributed by atoms with Crippen LogP contribution < -0.4 is 10.6 Å². The molecule has 2 N–H and O–H groups in total. The largest absolute Gasteiger partial charge is 0.479 e. The Labute approximate surface area is 191 Å². The number of aliphatic hydroxyl groups is 1. The van der Waals surface area contributed by atoms with Crippen LogP contribution in [0, 0.1) is 0 Å². The topological polar surface area (TPSA) is 130 Å². The van der Waals surface area contributed by atoms with Crippen molar-refractivity contribution in [1.82, 2.24) is 4.90 Å². The molecule has 1 amide bonds. The van der Waals surface area contributed by atoms with Crippen LogP contribution in [0.3, 0.4) is 0 Å². The lowest BCUT2D eigenvalue weighted by Crippen LogP contribution is -2.60. The average molecular weight is 475 g/mol. The summed E-state index contributed by atoms with van der Waals surface area (Å²) in [6.45, 7) is 4.28. The summed E-state index contributed by atoms with van der Waals surface area (Å²) in [5.74, 6) is -3.14. The average Bonchev–Trinajstić information content (AvgIpc) is 3.12. The molecule has 0 aliphatic carbocycles. The van der Waals surface area contributed by atoms with E-state index in [1.807, 2.05) is 0 Å². The molecule has 3 rings (SSSR count). The minimum absolute atomic E-state index is 0.174. The molecule has 1 saturated heterocycles. The molecule has 1 fully saturated rings. The second-order valence-corrected chi connectivity index (χ2v) is 11.0. The van der Waals surface area contributed by atoms with Gasteiger partial charge in [-0.3, -0.25) is 9.46 Å². The number of carboxylic acid groups (broad SMARTS) is 1. The van der Waals surface area contributed by atoms with E-state index in [0.29, 0.717) is 4.90 Å². The molecule has 2 aromatic carbocycles. The van der Waals surface area contributed by atoms with Crippen molar-refractivity contribution in [3.05, 3.63) is 60.7 Å². The highest BCUT2D eigenvalue weighted by molar-refractivity contribution is 7.74. The maximum atomic E-state index is 14.1. The number of nitrogens with zero attached hydrogens (tertiary/aromatic N) is 1. The van der Waals surface area contributed by atoms with Crippen LogP contribution in [-0.2, 0) is 23.4 Å². The quantitative estimate of drug-likeness (QED) is 0.498. The van der Waals surface area contributed by atoms with Crippen LogP contribution in [0.15, 0.2) is 60.7 Å². The third kappa shape index (κ3) is 4.79. The lowest BCUT2D eigenvalue weighted by atomic mass is 9.96. The SMILES string of the molecule is CC(C)(C)OC(=O)N1CC(O)C[C@]1(C(=O)O)C(=O)OP(=O)(c1ccccc1)c1ccccc1. The van der Waals surface area contributed by atoms with Gasteiger partial charge in [0, 0.05) is 6.42 Å². The Morgan fingerprint density at radius 2 is 1.48 bits per heavy atom. The van der Waals surface area contributed by atoms with Crippen molar-refractivity contribution in [3.8, 4) is 0 Å². The fourth-order valence-corrected chi connectivity index (χ4v) is 5.63. The second kappa shape index (κ2) is 9.00. The summed E-state index contributed by atoms with van der Waals surface area (Å²) in [6, 6.07) is 15.8. The molecule has 10 heteroatoms. The van der Waals surface area contributed by atoms with Gasteiger partial charge in [-0.05, 0) is 45.0 Å². The molecule has 0 spiro atoms. The number of hydrogen-bond donors (Lipinski definition) is 2. The van der Waals surface area contributed by atoms with E-state index in [-0.39, 0.29) is 10.6 Å². The Balaban J connectivity index is 2.08. The molecular formula is C23H26NO8P. The molecule has 33 heavy (non-hydrogen) atoms. The standard InChI is InChI=1S/C23H26NO8P/c1-22(2,3)31-21(29)24-15-16(25)14-23(24,19(26)27)20(28)32-33(30,17-10-6-4-7-11-17)18-12-8-5-9-13-18/h4-13,16,25H,14-15H2,1-3H3,(H,26,27)/t16?,23-/m0/s1. The predicted molar refractivity (Wildman–Crippen MR) is 120 cm³/mol. The number of amides is 1. The minimum atomic E-state index is -4.11. The zero-order valence-corrected chi connectivity index (χ0v) is 19.4. The van der Waals surface area contributed by atoms with Crippen molar-refractivity contribution in [2.24, 2.45) is 0 Å². The molecular weight excluding hydrogens is 449 g/mol. The second-order valence-electron chi connectivity index (χ2n) is 8.72. The Kier molecular flexibility index (Phi) is 6.68. The van der Waals surface area contributed by atoms with Gasteiger partial charge in [0.15, 0.2) is 0 Å². The summed E-state index contributed by atoms with van der Waals surface area (Å²) >= 11 is 0. The summed E-state index contributed by atoms with van der Waals surface area (Å²) < 4.78 is 24.9. The van der Waals surface area contributed by atoms with E-state index in [0.717, 1.165) is 0 Å². The Hall–Kier alpha value is -3.16. The molecule has 176 valence electrons. The first-order chi connectivity index (χ1) is 15.4. The number of carbonyl (C=O) groups excluding carboxylic acids is 2. The van der Waals surface area contributed by atoms with Gasteiger partial charge in [0.05, 0.1) is 23.3 Å². The summed E-state index contributed by atoms with van der Waals surface area (Å²) in [4.78, 5) is 39.3. The fourth-order valence-electron chi connectivity index (χ4n) is 3.61. The molecule has 9 nitrogen and oxygen atoms in total. The highest BCUT2D eigenvalue weighted by Gasteiger charge is 2.62. The number of β-amino-alcohol motifs (C(OH)–C–C–N with tert-alkyl or cyclic N) is 1. The van der Waals surface area contributed by atoms with Crippen LogP contribution in [0.1, 0.15) is 27.2 Å². The van der Waals surface area contributed by atoms with E-state index in [1.165, 1.54) is 24.3 Å². The minimum Gasteiger partial charge on any atom is -0.479 e. The molecule has 2 aromatic rings. The molecule has 0 bridgehead atoms. The van der Waals surface area contributed by atoms with Gasteiger partial charge in [-0.2, -0.15) is 0 Å². The van der Waals surface area contributed by atoms with Crippen molar-refractivity contribution >= 4 is 36.0 Å². The molecule has 2 atom stereocenters. The van der Waals surface area contributed by atoms with E-state index in [2.05, 4.69) is 0 Å². The van der Waals surface area contributed by atoms with Crippen molar-refractivity contribution in [1.29, 1.82) is 0 Å². The van der Waals surface area contributed by atoms with Crippen LogP contribution in [0.25, 0.3) is 0 Å². The van der Waals surface area contributed by atoms with E-state index < -0.39 is 55.6 Å². The lowest BCUT2D eigenvalue weighted by molar-refractivity contribution is -0.163. The van der Waals surface area contributed by atoms with E-state index in [1.54, 1.807) is 57.2 Å². The molecule has 1 heterocycles. The van der Waals surface area contributed by atoms with E-state index >= 15 is 0 Å². The highest BCUT2D eigenvalue weighted by Crippen LogP contribution is 2.47. The highest BCUT2D eigenvalue weighted by atomic mass is 31.2. The fraction of sp³-hybridized carbons (Fsp3) is 0.348. The van der Waals surface area contributed by atoms with Crippen molar-refractivity contribution in [2.75, 3.05) is 6.54 Å². The van der Waals surface area contributed by atoms with Crippen LogP contribution in [0.4, 0.5) is 4.79 Å². The van der Waals surface area contributed by atoms with Gasteiger partial charge in [0.1, 0.15) is 5.60 Å².